The number of hydrogen-bond donors (Lipinski definition) is 1. The van der Waals surface area contributed by atoms with Crippen molar-refractivity contribution in [3.63, 3.8) is 0 Å². The molecule has 0 spiro atoms. The fourth-order valence-electron chi connectivity index (χ4n) is 3.29. The van der Waals surface area contributed by atoms with Crippen molar-refractivity contribution in [1.29, 1.82) is 0 Å². The Kier molecular flexibility index (Phi) is 6.16. The lowest BCUT2D eigenvalue weighted by molar-refractivity contribution is -0.136. The van der Waals surface area contributed by atoms with Gasteiger partial charge >= 0.3 is 5.97 Å². The van der Waals surface area contributed by atoms with E-state index in [1.54, 1.807) is 71.4 Å². The third kappa shape index (κ3) is 5.12. The molecule has 1 saturated heterocycles. The molecule has 3 aromatic rings. The molecular weight excluding hydrogens is 412 g/mol. The van der Waals surface area contributed by atoms with Crippen molar-refractivity contribution in [2.24, 2.45) is 7.05 Å². The van der Waals surface area contributed by atoms with Crippen LogP contribution in [0.1, 0.15) is 23.2 Å². The summed E-state index contributed by atoms with van der Waals surface area (Å²) >= 11 is 0. The number of nitrogens with one attached hydrogen (secondary N) is 1. The monoisotopic (exact) mass is 434 g/mol. The molecule has 9 heteroatoms. The SMILES string of the molecule is Cn1cc(C(=O)Nc2ccc(OC(=O)COc3ccc(N4CCCC4=O)cc3)cc2)cn1. The molecule has 0 unspecified atom stereocenters. The highest BCUT2D eigenvalue weighted by Crippen LogP contribution is 2.24. The fraction of sp³-hybridized carbons (Fsp3) is 0.217. The van der Waals surface area contributed by atoms with Gasteiger partial charge in [0.15, 0.2) is 6.61 Å². The van der Waals surface area contributed by atoms with Crippen LogP contribution in [0.4, 0.5) is 11.4 Å². The highest BCUT2D eigenvalue weighted by atomic mass is 16.6. The second kappa shape index (κ2) is 9.34. The van der Waals surface area contributed by atoms with E-state index in [4.69, 9.17) is 9.47 Å². The minimum atomic E-state index is -0.559. The first-order valence-electron chi connectivity index (χ1n) is 10.1. The number of nitrogens with zero attached hydrogens (tertiary/aromatic N) is 3. The number of ether oxygens (including phenoxy) is 2. The number of carbonyl (C=O) groups is 3. The predicted octanol–water partition coefficient (Wildman–Crippen LogP) is 2.78. The Morgan fingerprint density at radius 1 is 1.06 bits per heavy atom. The Hall–Kier alpha value is -4.14. The van der Waals surface area contributed by atoms with Crippen LogP contribution in [0, 0.1) is 0 Å². The minimum absolute atomic E-state index is 0.116. The molecule has 4 rings (SSSR count). The van der Waals surface area contributed by atoms with Gasteiger partial charge in [0.1, 0.15) is 11.5 Å². The lowest BCUT2D eigenvalue weighted by Gasteiger charge is -2.16. The standard InChI is InChI=1S/C23H22N4O5/c1-26-14-16(13-24-26)23(30)25-17-4-8-20(9-5-17)32-22(29)15-31-19-10-6-18(7-11-19)27-12-2-3-21(27)28/h4-11,13-14H,2-3,12,15H2,1H3,(H,25,30). The van der Waals surface area contributed by atoms with E-state index in [1.165, 1.54) is 6.20 Å². The molecular formula is C23H22N4O5. The lowest BCUT2D eigenvalue weighted by atomic mass is 10.2. The second-order valence-electron chi connectivity index (χ2n) is 7.29. The van der Waals surface area contributed by atoms with Crippen molar-refractivity contribution < 1.29 is 23.9 Å². The summed E-state index contributed by atoms with van der Waals surface area (Å²) in [5, 5.41) is 6.71. The molecule has 32 heavy (non-hydrogen) atoms. The van der Waals surface area contributed by atoms with E-state index in [0.29, 0.717) is 29.2 Å². The van der Waals surface area contributed by atoms with Gasteiger partial charge in [-0.3, -0.25) is 14.3 Å². The largest absolute Gasteiger partial charge is 0.482 e. The molecule has 1 fully saturated rings. The highest BCUT2D eigenvalue weighted by molar-refractivity contribution is 6.04. The molecule has 2 amide bonds. The van der Waals surface area contributed by atoms with E-state index in [9.17, 15) is 14.4 Å². The first kappa shape index (κ1) is 21.1. The van der Waals surface area contributed by atoms with Crippen LogP contribution in [0.5, 0.6) is 11.5 Å². The molecule has 0 atom stereocenters. The Bertz CT molecular complexity index is 1120. The van der Waals surface area contributed by atoms with Crippen molar-refractivity contribution in [3.05, 3.63) is 66.5 Å². The quantitative estimate of drug-likeness (QED) is 0.453. The van der Waals surface area contributed by atoms with Gasteiger partial charge < -0.3 is 19.7 Å². The zero-order chi connectivity index (χ0) is 22.5. The lowest BCUT2D eigenvalue weighted by Crippen LogP contribution is -2.23. The van der Waals surface area contributed by atoms with E-state index >= 15 is 0 Å². The molecule has 164 valence electrons. The average Bonchev–Trinajstić information content (AvgIpc) is 3.42. The van der Waals surface area contributed by atoms with E-state index in [2.05, 4.69) is 10.4 Å². The number of hydrogen-bond acceptors (Lipinski definition) is 6. The fourth-order valence-corrected chi connectivity index (χ4v) is 3.29. The first-order chi connectivity index (χ1) is 15.5. The van der Waals surface area contributed by atoms with Gasteiger partial charge in [0.2, 0.25) is 5.91 Å². The molecule has 2 heterocycles. The number of carbonyl (C=O) groups excluding carboxylic acids is 3. The number of benzene rings is 2. The first-order valence-corrected chi connectivity index (χ1v) is 10.1. The molecule has 1 aliphatic rings. The van der Waals surface area contributed by atoms with Crippen LogP contribution in [0.15, 0.2) is 60.9 Å². The summed E-state index contributed by atoms with van der Waals surface area (Å²) in [7, 11) is 1.73. The summed E-state index contributed by atoms with van der Waals surface area (Å²) in [5.41, 5.74) is 1.82. The van der Waals surface area contributed by atoms with Crippen LogP contribution >= 0.6 is 0 Å². The molecule has 1 aromatic heterocycles. The molecule has 2 aromatic carbocycles. The maximum Gasteiger partial charge on any atom is 0.349 e. The maximum atomic E-state index is 12.1. The van der Waals surface area contributed by atoms with Gasteiger partial charge in [-0.2, -0.15) is 5.10 Å². The Balaban J connectivity index is 1.25. The van der Waals surface area contributed by atoms with E-state index in [-0.39, 0.29) is 18.4 Å². The van der Waals surface area contributed by atoms with Crippen LogP contribution in [0.3, 0.4) is 0 Å². The van der Waals surface area contributed by atoms with Gasteiger partial charge in [-0.05, 0) is 55.0 Å². The summed E-state index contributed by atoms with van der Waals surface area (Å²) in [5.74, 6) is 0.115. The normalized spacial score (nSPS) is 13.2. The smallest absolute Gasteiger partial charge is 0.349 e. The van der Waals surface area contributed by atoms with Crippen LogP contribution in [0.2, 0.25) is 0 Å². The van der Waals surface area contributed by atoms with Crippen molar-refractivity contribution in [2.45, 2.75) is 12.8 Å². The van der Waals surface area contributed by atoms with Crippen LogP contribution in [-0.2, 0) is 16.6 Å². The highest BCUT2D eigenvalue weighted by Gasteiger charge is 2.21. The number of rotatable bonds is 7. The van der Waals surface area contributed by atoms with Gasteiger partial charge in [-0.25, -0.2) is 4.79 Å². The zero-order valence-electron chi connectivity index (χ0n) is 17.5. The van der Waals surface area contributed by atoms with Gasteiger partial charge in [-0.15, -0.1) is 0 Å². The molecule has 0 saturated carbocycles. The predicted molar refractivity (Wildman–Crippen MR) is 117 cm³/mol. The molecule has 0 bridgehead atoms. The second-order valence-corrected chi connectivity index (χ2v) is 7.29. The maximum absolute atomic E-state index is 12.1. The van der Waals surface area contributed by atoms with Crippen molar-refractivity contribution in [1.82, 2.24) is 9.78 Å². The summed E-state index contributed by atoms with van der Waals surface area (Å²) in [4.78, 5) is 37.7. The van der Waals surface area contributed by atoms with Crippen LogP contribution < -0.4 is 19.7 Å². The Morgan fingerprint density at radius 3 is 2.41 bits per heavy atom. The van der Waals surface area contributed by atoms with Gasteiger partial charge in [0.05, 0.1) is 11.8 Å². The summed E-state index contributed by atoms with van der Waals surface area (Å²) in [6.45, 7) is 0.457. The van der Waals surface area contributed by atoms with E-state index in [1.807, 2.05) is 0 Å². The van der Waals surface area contributed by atoms with Crippen molar-refractivity contribution >= 4 is 29.2 Å². The van der Waals surface area contributed by atoms with E-state index < -0.39 is 5.97 Å². The zero-order valence-corrected chi connectivity index (χ0v) is 17.5. The molecule has 0 aliphatic carbocycles. The van der Waals surface area contributed by atoms with Crippen LogP contribution in [-0.4, -0.2) is 40.7 Å². The summed E-state index contributed by atoms with van der Waals surface area (Å²) in [6, 6.07) is 13.5. The molecule has 1 N–H and O–H groups in total. The van der Waals surface area contributed by atoms with Crippen molar-refractivity contribution in [2.75, 3.05) is 23.4 Å². The number of esters is 1. The number of anilines is 2. The third-order valence-electron chi connectivity index (χ3n) is 4.89. The Labute approximate surface area is 184 Å². The number of aromatic nitrogens is 2. The van der Waals surface area contributed by atoms with E-state index in [0.717, 1.165) is 18.7 Å². The van der Waals surface area contributed by atoms with Gasteiger partial charge in [-0.1, -0.05) is 0 Å². The number of aryl methyl sites for hydroxylation is 1. The number of amides is 2. The van der Waals surface area contributed by atoms with Crippen molar-refractivity contribution in [3.8, 4) is 11.5 Å². The average molecular weight is 434 g/mol. The molecule has 1 aliphatic heterocycles. The third-order valence-corrected chi connectivity index (χ3v) is 4.89. The summed E-state index contributed by atoms with van der Waals surface area (Å²) < 4.78 is 12.3. The minimum Gasteiger partial charge on any atom is -0.482 e. The van der Waals surface area contributed by atoms with Gasteiger partial charge in [0, 0.05) is 37.6 Å². The molecule has 9 nitrogen and oxygen atoms in total. The Morgan fingerprint density at radius 2 is 1.78 bits per heavy atom. The molecule has 0 radical (unpaired) electrons. The van der Waals surface area contributed by atoms with Gasteiger partial charge in [0.25, 0.3) is 5.91 Å². The topological polar surface area (TPSA) is 103 Å². The summed E-state index contributed by atoms with van der Waals surface area (Å²) in [6.07, 6.45) is 4.53. The van der Waals surface area contributed by atoms with Crippen LogP contribution in [0.25, 0.3) is 0 Å².